The van der Waals surface area contributed by atoms with Crippen LogP contribution < -0.4 is 5.56 Å². The molecule has 0 aliphatic carbocycles. The molecule has 1 rings (SSSR count). The fourth-order valence-corrected chi connectivity index (χ4v) is 1.23. The van der Waals surface area contributed by atoms with Gasteiger partial charge in [0.05, 0.1) is 18.6 Å². The first-order valence-electron chi connectivity index (χ1n) is 4.31. The van der Waals surface area contributed by atoms with Gasteiger partial charge in [0.2, 0.25) is 0 Å². The Bertz CT molecular complexity index is 376. The third-order valence-electron chi connectivity index (χ3n) is 2.11. The number of aromatic nitrogens is 1. The Morgan fingerprint density at radius 2 is 2.29 bits per heavy atom. The van der Waals surface area contributed by atoms with E-state index < -0.39 is 0 Å². The molecule has 0 fully saturated rings. The molecule has 0 aliphatic heterocycles. The molecule has 0 spiro atoms. The van der Waals surface area contributed by atoms with Crippen molar-refractivity contribution in [2.45, 2.75) is 20.3 Å². The highest BCUT2D eigenvalue weighted by Crippen LogP contribution is 2.09. The number of methoxy groups -OCH3 is 1. The second-order valence-corrected chi connectivity index (χ2v) is 3.20. The van der Waals surface area contributed by atoms with Crippen LogP contribution in [-0.2, 0) is 16.0 Å². The second kappa shape index (κ2) is 4.13. The Hall–Kier alpha value is -1.52. The average Bonchev–Trinajstić information content (AvgIpc) is 2.48. The number of aromatic amines is 1. The highest BCUT2D eigenvalue weighted by molar-refractivity contribution is 5.72. The molecule has 0 saturated carbocycles. The SMILES string of the molecule is COC(=O)C(C)Cc1c(C)o[nH]c1=O. The van der Waals surface area contributed by atoms with Crippen molar-refractivity contribution in [1.29, 1.82) is 0 Å². The number of H-pyrrole nitrogens is 1. The molecule has 0 saturated heterocycles. The maximum absolute atomic E-state index is 11.2. The minimum Gasteiger partial charge on any atom is -0.469 e. The van der Waals surface area contributed by atoms with Crippen LogP contribution >= 0.6 is 0 Å². The van der Waals surface area contributed by atoms with E-state index in [-0.39, 0.29) is 17.4 Å². The van der Waals surface area contributed by atoms with Gasteiger partial charge in [-0.2, -0.15) is 5.16 Å². The van der Waals surface area contributed by atoms with E-state index in [0.29, 0.717) is 17.7 Å². The van der Waals surface area contributed by atoms with Crippen LogP contribution in [0.15, 0.2) is 9.32 Å². The third kappa shape index (κ3) is 2.04. The van der Waals surface area contributed by atoms with Crippen molar-refractivity contribution in [1.82, 2.24) is 5.16 Å². The van der Waals surface area contributed by atoms with E-state index in [0.717, 1.165) is 0 Å². The Kier molecular flexibility index (Phi) is 3.11. The molecule has 1 aromatic rings. The maximum Gasteiger partial charge on any atom is 0.308 e. The van der Waals surface area contributed by atoms with Gasteiger partial charge in [-0.3, -0.25) is 9.59 Å². The Balaban J connectivity index is 2.79. The van der Waals surface area contributed by atoms with E-state index in [1.165, 1.54) is 7.11 Å². The molecule has 0 bridgehead atoms. The smallest absolute Gasteiger partial charge is 0.308 e. The lowest BCUT2D eigenvalue weighted by atomic mass is 10.0. The molecule has 14 heavy (non-hydrogen) atoms. The fourth-order valence-electron chi connectivity index (χ4n) is 1.23. The highest BCUT2D eigenvalue weighted by Gasteiger charge is 2.18. The van der Waals surface area contributed by atoms with E-state index in [1.807, 2.05) is 0 Å². The van der Waals surface area contributed by atoms with Gasteiger partial charge in [-0.25, -0.2) is 0 Å². The Morgan fingerprint density at radius 3 is 2.71 bits per heavy atom. The van der Waals surface area contributed by atoms with Crippen LogP contribution in [0.4, 0.5) is 0 Å². The number of hydrogen-bond donors (Lipinski definition) is 1. The molecule has 5 heteroatoms. The summed E-state index contributed by atoms with van der Waals surface area (Å²) in [7, 11) is 1.32. The standard InChI is InChI=1S/C9H13NO4/c1-5(9(12)13-3)4-7-6(2)14-10-8(7)11/h5H,4H2,1-3H3,(H,10,11). The third-order valence-corrected chi connectivity index (χ3v) is 2.11. The van der Waals surface area contributed by atoms with Gasteiger partial charge in [0.25, 0.3) is 5.56 Å². The first-order valence-corrected chi connectivity index (χ1v) is 4.31. The Labute approximate surface area is 81.0 Å². The molecule has 0 radical (unpaired) electrons. The molecular formula is C9H13NO4. The average molecular weight is 199 g/mol. The first kappa shape index (κ1) is 10.6. The van der Waals surface area contributed by atoms with Crippen molar-refractivity contribution < 1.29 is 14.1 Å². The molecule has 78 valence electrons. The first-order chi connectivity index (χ1) is 6.56. The van der Waals surface area contributed by atoms with Gasteiger partial charge in [-0.15, -0.1) is 0 Å². The largest absolute Gasteiger partial charge is 0.469 e. The van der Waals surface area contributed by atoms with Crippen LogP contribution in [0.5, 0.6) is 0 Å². The summed E-state index contributed by atoms with van der Waals surface area (Å²) in [6.07, 6.45) is 0.338. The molecular weight excluding hydrogens is 186 g/mol. The van der Waals surface area contributed by atoms with Crippen LogP contribution in [0.1, 0.15) is 18.2 Å². The van der Waals surface area contributed by atoms with Crippen molar-refractivity contribution in [2.75, 3.05) is 7.11 Å². The van der Waals surface area contributed by atoms with Gasteiger partial charge in [0, 0.05) is 0 Å². The van der Waals surface area contributed by atoms with Crippen LogP contribution in [0, 0.1) is 12.8 Å². The number of hydrogen-bond acceptors (Lipinski definition) is 4. The van der Waals surface area contributed by atoms with E-state index in [4.69, 9.17) is 4.52 Å². The number of aryl methyl sites for hydroxylation is 1. The summed E-state index contributed by atoms with van der Waals surface area (Å²) in [5.41, 5.74) is 0.223. The lowest BCUT2D eigenvalue weighted by Crippen LogP contribution is -2.19. The number of nitrogens with one attached hydrogen (secondary N) is 1. The zero-order chi connectivity index (χ0) is 10.7. The molecule has 1 aromatic heterocycles. The summed E-state index contributed by atoms with van der Waals surface area (Å²) in [5.74, 6) is -0.145. The molecule has 5 nitrogen and oxygen atoms in total. The van der Waals surface area contributed by atoms with Crippen molar-refractivity contribution in [3.8, 4) is 0 Å². The molecule has 1 N–H and O–H groups in total. The summed E-state index contributed by atoms with van der Waals surface area (Å²) in [4.78, 5) is 22.3. The zero-order valence-corrected chi connectivity index (χ0v) is 8.42. The van der Waals surface area contributed by atoms with Gasteiger partial charge in [-0.05, 0) is 13.3 Å². The van der Waals surface area contributed by atoms with Gasteiger partial charge in [0.1, 0.15) is 5.76 Å². The topological polar surface area (TPSA) is 72.3 Å². The maximum atomic E-state index is 11.2. The van der Waals surface area contributed by atoms with Gasteiger partial charge in [-0.1, -0.05) is 6.92 Å². The Morgan fingerprint density at radius 1 is 1.64 bits per heavy atom. The molecule has 1 unspecified atom stereocenters. The summed E-state index contributed by atoms with van der Waals surface area (Å²) < 4.78 is 9.38. The summed E-state index contributed by atoms with van der Waals surface area (Å²) >= 11 is 0. The van der Waals surface area contributed by atoms with Crippen molar-refractivity contribution in [3.05, 3.63) is 21.7 Å². The van der Waals surface area contributed by atoms with Gasteiger partial charge >= 0.3 is 5.97 Å². The number of esters is 1. The van der Waals surface area contributed by atoms with Crippen molar-refractivity contribution >= 4 is 5.97 Å². The lowest BCUT2D eigenvalue weighted by Gasteiger charge is -2.06. The van der Waals surface area contributed by atoms with Crippen LogP contribution in [0.2, 0.25) is 0 Å². The highest BCUT2D eigenvalue weighted by atomic mass is 16.5. The number of carbonyl (C=O) groups is 1. The number of carbonyl (C=O) groups excluding carboxylic acids is 1. The van der Waals surface area contributed by atoms with E-state index in [2.05, 4.69) is 9.89 Å². The fraction of sp³-hybridized carbons (Fsp3) is 0.556. The van der Waals surface area contributed by atoms with Gasteiger partial charge < -0.3 is 9.26 Å². The summed E-state index contributed by atoms with van der Waals surface area (Å²) in [6, 6.07) is 0. The number of rotatable bonds is 3. The minimum atomic E-state index is -0.336. The molecule has 0 aromatic carbocycles. The van der Waals surface area contributed by atoms with Crippen molar-refractivity contribution in [3.63, 3.8) is 0 Å². The predicted molar refractivity (Wildman–Crippen MR) is 48.9 cm³/mol. The predicted octanol–water partition coefficient (Wildman–Crippen LogP) is 0.628. The monoisotopic (exact) mass is 199 g/mol. The molecule has 1 atom stereocenters. The molecule has 1 heterocycles. The second-order valence-electron chi connectivity index (χ2n) is 3.20. The van der Waals surface area contributed by atoms with E-state index >= 15 is 0 Å². The van der Waals surface area contributed by atoms with E-state index in [1.54, 1.807) is 13.8 Å². The normalized spacial score (nSPS) is 12.5. The van der Waals surface area contributed by atoms with Crippen LogP contribution in [-0.4, -0.2) is 18.2 Å². The molecule has 0 amide bonds. The number of ether oxygens (including phenoxy) is 1. The summed E-state index contributed by atoms with van der Waals surface area (Å²) in [6.45, 7) is 3.38. The quantitative estimate of drug-likeness (QED) is 0.724. The van der Waals surface area contributed by atoms with Crippen molar-refractivity contribution in [2.24, 2.45) is 5.92 Å². The lowest BCUT2D eigenvalue weighted by molar-refractivity contribution is -0.144. The zero-order valence-electron chi connectivity index (χ0n) is 8.42. The molecule has 0 aliphatic rings. The minimum absolute atomic E-state index is 0.279. The van der Waals surface area contributed by atoms with E-state index in [9.17, 15) is 9.59 Å². The van der Waals surface area contributed by atoms with Crippen LogP contribution in [0.25, 0.3) is 0 Å². The summed E-state index contributed by atoms with van der Waals surface area (Å²) in [5, 5.41) is 2.22. The van der Waals surface area contributed by atoms with Gasteiger partial charge in [0.15, 0.2) is 0 Å². The van der Waals surface area contributed by atoms with Crippen LogP contribution in [0.3, 0.4) is 0 Å².